The van der Waals surface area contributed by atoms with Gasteiger partial charge in [-0.25, -0.2) is 0 Å². The Hall–Kier alpha value is -1.39. The SMILES string of the molecule is CC(C)c1noc(CCCCC(=O)O)n1. The van der Waals surface area contributed by atoms with E-state index >= 15 is 0 Å². The van der Waals surface area contributed by atoms with Gasteiger partial charge in [0.15, 0.2) is 5.82 Å². The van der Waals surface area contributed by atoms with Gasteiger partial charge in [-0.3, -0.25) is 4.79 Å². The number of hydrogen-bond donors (Lipinski definition) is 1. The highest BCUT2D eigenvalue weighted by atomic mass is 16.5. The molecular formula is C10H16N2O3. The first-order valence-electron chi connectivity index (χ1n) is 5.14. The van der Waals surface area contributed by atoms with Gasteiger partial charge in [0.2, 0.25) is 5.89 Å². The molecule has 0 aliphatic heterocycles. The van der Waals surface area contributed by atoms with Crippen LogP contribution >= 0.6 is 0 Å². The van der Waals surface area contributed by atoms with Crippen molar-refractivity contribution in [2.75, 3.05) is 0 Å². The lowest BCUT2D eigenvalue weighted by molar-refractivity contribution is -0.137. The second-order valence-corrected chi connectivity index (χ2v) is 3.80. The molecule has 0 bridgehead atoms. The smallest absolute Gasteiger partial charge is 0.303 e. The number of aromatic nitrogens is 2. The van der Waals surface area contributed by atoms with Gasteiger partial charge in [-0.1, -0.05) is 19.0 Å². The number of aryl methyl sites for hydroxylation is 1. The Morgan fingerprint density at radius 2 is 2.20 bits per heavy atom. The second kappa shape index (κ2) is 5.48. The van der Waals surface area contributed by atoms with Crippen LogP contribution in [0.5, 0.6) is 0 Å². The van der Waals surface area contributed by atoms with Gasteiger partial charge in [0.05, 0.1) is 0 Å². The van der Waals surface area contributed by atoms with E-state index in [4.69, 9.17) is 9.63 Å². The summed E-state index contributed by atoms with van der Waals surface area (Å²) in [4.78, 5) is 14.5. The largest absolute Gasteiger partial charge is 0.481 e. The molecule has 0 spiro atoms. The summed E-state index contributed by atoms with van der Waals surface area (Å²) in [6, 6.07) is 0. The van der Waals surface area contributed by atoms with E-state index in [1.54, 1.807) is 0 Å². The quantitative estimate of drug-likeness (QED) is 0.730. The van der Waals surface area contributed by atoms with Crippen LogP contribution in [-0.2, 0) is 11.2 Å². The van der Waals surface area contributed by atoms with Crippen molar-refractivity contribution in [1.29, 1.82) is 0 Å². The lowest BCUT2D eigenvalue weighted by atomic mass is 10.2. The molecule has 15 heavy (non-hydrogen) atoms. The molecule has 0 saturated heterocycles. The molecular weight excluding hydrogens is 196 g/mol. The normalized spacial score (nSPS) is 10.9. The van der Waals surface area contributed by atoms with E-state index in [1.165, 1.54) is 0 Å². The van der Waals surface area contributed by atoms with Gasteiger partial charge in [0.25, 0.3) is 0 Å². The van der Waals surface area contributed by atoms with E-state index in [1.807, 2.05) is 13.8 Å². The van der Waals surface area contributed by atoms with Gasteiger partial charge in [0, 0.05) is 18.8 Å². The molecule has 0 aromatic carbocycles. The molecule has 1 aromatic heterocycles. The number of carboxylic acid groups (broad SMARTS) is 1. The highest BCUT2D eigenvalue weighted by Gasteiger charge is 2.09. The lowest BCUT2D eigenvalue weighted by Crippen LogP contribution is -1.95. The summed E-state index contributed by atoms with van der Waals surface area (Å²) in [7, 11) is 0. The molecule has 0 saturated carbocycles. The molecule has 5 nitrogen and oxygen atoms in total. The average Bonchev–Trinajstić information content (AvgIpc) is 2.60. The van der Waals surface area contributed by atoms with Gasteiger partial charge in [-0.05, 0) is 12.8 Å². The molecule has 1 N–H and O–H groups in total. The predicted molar refractivity (Wildman–Crippen MR) is 53.6 cm³/mol. The summed E-state index contributed by atoms with van der Waals surface area (Å²) in [5.74, 6) is 0.817. The molecule has 1 heterocycles. The van der Waals surface area contributed by atoms with Crippen molar-refractivity contribution in [3.8, 4) is 0 Å². The zero-order valence-electron chi connectivity index (χ0n) is 9.06. The molecule has 0 aliphatic carbocycles. The molecule has 0 atom stereocenters. The molecule has 5 heteroatoms. The zero-order valence-corrected chi connectivity index (χ0v) is 9.06. The summed E-state index contributed by atoms with van der Waals surface area (Å²) in [6.45, 7) is 4.00. The van der Waals surface area contributed by atoms with E-state index in [0.717, 1.165) is 6.42 Å². The number of aliphatic carboxylic acids is 1. The molecule has 0 unspecified atom stereocenters. The fraction of sp³-hybridized carbons (Fsp3) is 0.700. The first kappa shape index (κ1) is 11.7. The summed E-state index contributed by atoms with van der Waals surface area (Å²) in [5.41, 5.74) is 0. The predicted octanol–water partition coefficient (Wildman–Crippen LogP) is 1.99. The Balaban J connectivity index is 2.28. The van der Waals surface area contributed by atoms with Crippen LogP contribution in [0, 0.1) is 0 Å². The van der Waals surface area contributed by atoms with E-state index < -0.39 is 5.97 Å². The maximum atomic E-state index is 10.3. The Bertz CT molecular complexity index is 320. The molecule has 84 valence electrons. The third-order valence-corrected chi connectivity index (χ3v) is 2.03. The molecule has 1 rings (SSSR count). The molecule has 0 radical (unpaired) electrons. The Labute approximate surface area is 88.5 Å². The van der Waals surface area contributed by atoms with E-state index in [9.17, 15) is 4.79 Å². The number of rotatable bonds is 6. The van der Waals surface area contributed by atoms with Crippen LogP contribution in [0.25, 0.3) is 0 Å². The Morgan fingerprint density at radius 3 is 2.73 bits per heavy atom. The minimum Gasteiger partial charge on any atom is -0.481 e. The van der Waals surface area contributed by atoms with E-state index in [2.05, 4.69) is 10.1 Å². The van der Waals surface area contributed by atoms with Crippen molar-refractivity contribution in [2.45, 2.75) is 45.4 Å². The van der Waals surface area contributed by atoms with Gasteiger partial charge < -0.3 is 9.63 Å². The maximum Gasteiger partial charge on any atom is 0.303 e. The Morgan fingerprint density at radius 1 is 1.47 bits per heavy atom. The summed E-state index contributed by atoms with van der Waals surface area (Å²) in [6.07, 6.45) is 2.28. The van der Waals surface area contributed by atoms with Crippen molar-refractivity contribution in [1.82, 2.24) is 10.1 Å². The third-order valence-electron chi connectivity index (χ3n) is 2.03. The van der Waals surface area contributed by atoms with Gasteiger partial charge in [-0.15, -0.1) is 0 Å². The fourth-order valence-electron chi connectivity index (χ4n) is 1.16. The van der Waals surface area contributed by atoms with Crippen LogP contribution in [0.15, 0.2) is 4.52 Å². The highest BCUT2D eigenvalue weighted by molar-refractivity contribution is 5.66. The molecule has 0 fully saturated rings. The first-order valence-corrected chi connectivity index (χ1v) is 5.14. The van der Waals surface area contributed by atoms with E-state index in [-0.39, 0.29) is 12.3 Å². The summed E-state index contributed by atoms with van der Waals surface area (Å²) >= 11 is 0. The van der Waals surface area contributed by atoms with Crippen molar-refractivity contribution in [3.63, 3.8) is 0 Å². The lowest BCUT2D eigenvalue weighted by Gasteiger charge is -1.94. The van der Waals surface area contributed by atoms with Crippen molar-refractivity contribution in [2.24, 2.45) is 0 Å². The van der Waals surface area contributed by atoms with E-state index in [0.29, 0.717) is 24.6 Å². The number of carboxylic acids is 1. The molecule has 0 aliphatic rings. The summed E-state index contributed by atoms with van der Waals surface area (Å²) < 4.78 is 5.02. The van der Waals surface area contributed by atoms with Crippen LogP contribution in [-0.4, -0.2) is 21.2 Å². The average molecular weight is 212 g/mol. The number of nitrogens with zero attached hydrogens (tertiary/aromatic N) is 2. The van der Waals surface area contributed by atoms with Crippen LogP contribution in [0.4, 0.5) is 0 Å². The van der Waals surface area contributed by atoms with Crippen LogP contribution in [0.1, 0.15) is 50.7 Å². The summed E-state index contributed by atoms with van der Waals surface area (Å²) in [5, 5.41) is 12.3. The Kier molecular flexibility index (Phi) is 4.27. The van der Waals surface area contributed by atoms with Crippen LogP contribution < -0.4 is 0 Å². The van der Waals surface area contributed by atoms with Crippen LogP contribution in [0.2, 0.25) is 0 Å². The van der Waals surface area contributed by atoms with Crippen molar-refractivity contribution in [3.05, 3.63) is 11.7 Å². The van der Waals surface area contributed by atoms with Crippen molar-refractivity contribution >= 4 is 5.97 Å². The monoisotopic (exact) mass is 212 g/mol. The first-order chi connectivity index (χ1) is 7.09. The molecule has 0 amide bonds. The number of carbonyl (C=O) groups is 1. The highest BCUT2D eigenvalue weighted by Crippen LogP contribution is 2.11. The second-order valence-electron chi connectivity index (χ2n) is 3.80. The molecule has 1 aromatic rings. The van der Waals surface area contributed by atoms with Gasteiger partial charge in [0.1, 0.15) is 0 Å². The third kappa shape index (κ3) is 4.10. The zero-order chi connectivity index (χ0) is 11.3. The van der Waals surface area contributed by atoms with Crippen molar-refractivity contribution < 1.29 is 14.4 Å². The fourth-order valence-corrected chi connectivity index (χ4v) is 1.16. The van der Waals surface area contributed by atoms with Gasteiger partial charge in [-0.2, -0.15) is 4.98 Å². The maximum absolute atomic E-state index is 10.3. The minimum atomic E-state index is -0.761. The van der Waals surface area contributed by atoms with Crippen LogP contribution in [0.3, 0.4) is 0 Å². The topological polar surface area (TPSA) is 76.2 Å². The standard InChI is InChI=1S/C10H16N2O3/c1-7(2)10-11-8(15-12-10)5-3-4-6-9(13)14/h7H,3-6H2,1-2H3,(H,13,14). The van der Waals surface area contributed by atoms with Gasteiger partial charge >= 0.3 is 5.97 Å². The minimum absolute atomic E-state index is 0.200. The number of hydrogen-bond acceptors (Lipinski definition) is 4. The number of unbranched alkanes of at least 4 members (excludes halogenated alkanes) is 1.